The number of hydrogen-bond acceptors (Lipinski definition) is 1. The van der Waals surface area contributed by atoms with Crippen LogP contribution in [-0.4, -0.2) is 18.9 Å². The molecule has 2 atom stereocenters. The van der Waals surface area contributed by atoms with Gasteiger partial charge in [-0.3, -0.25) is 0 Å². The van der Waals surface area contributed by atoms with E-state index in [0.717, 1.165) is 25.0 Å². The molecule has 0 aromatic carbocycles. The van der Waals surface area contributed by atoms with E-state index >= 15 is 0 Å². The molecule has 0 amide bonds. The summed E-state index contributed by atoms with van der Waals surface area (Å²) in [5.74, 6) is 1.51. The molecule has 0 aliphatic rings. The predicted molar refractivity (Wildman–Crippen MR) is 77.0 cm³/mol. The van der Waals surface area contributed by atoms with Crippen molar-refractivity contribution in [3.63, 3.8) is 0 Å². The minimum atomic E-state index is 0.316. The third-order valence-electron chi connectivity index (χ3n) is 2.56. The van der Waals surface area contributed by atoms with Gasteiger partial charge in [-0.1, -0.05) is 41.5 Å². The predicted octanol–water partition coefficient (Wildman–Crippen LogP) is 4.37. The molecule has 0 bridgehead atoms. The standard InChI is InChI=1S/C14H31OP/c1-11(2)7-13(16)9-15-10-14(5,6)8-12(3)4/h11-13H,7-10,16H2,1-6H3. The van der Waals surface area contributed by atoms with E-state index in [-0.39, 0.29) is 0 Å². The molecule has 2 heteroatoms. The molecule has 16 heavy (non-hydrogen) atoms. The maximum absolute atomic E-state index is 5.84. The molecule has 0 aromatic heterocycles. The van der Waals surface area contributed by atoms with Gasteiger partial charge in [-0.05, 0) is 35.8 Å². The minimum Gasteiger partial charge on any atom is -0.380 e. The fourth-order valence-electron chi connectivity index (χ4n) is 2.32. The summed E-state index contributed by atoms with van der Waals surface area (Å²) in [4.78, 5) is 0. The van der Waals surface area contributed by atoms with Crippen molar-refractivity contribution in [1.82, 2.24) is 0 Å². The van der Waals surface area contributed by atoms with Crippen LogP contribution in [-0.2, 0) is 4.74 Å². The van der Waals surface area contributed by atoms with Gasteiger partial charge in [-0.2, -0.15) is 0 Å². The molecule has 0 rings (SSSR count). The lowest BCUT2D eigenvalue weighted by atomic mass is 9.85. The van der Waals surface area contributed by atoms with Gasteiger partial charge in [0.2, 0.25) is 0 Å². The summed E-state index contributed by atoms with van der Waals surface area (Å²) in [5, 5.41) is 0. The van der Waals surface area contributed by atoms with Gasteiger partial charge in [0.25, 0.3) is 0 Å². The molecule has 1 nitrogen and oxygen atoms in total. The first-order valence-corrected chi connectivity index (χ1v) is 7.23. The van der Waals surface area contributed by atoms with Crippen LogP contribution >= 0.6 is 9.24 Å². The van der Waals surface area contributed by atoms with Crippen molar-refractivity contribution in [2.45, 2.75) is 60.0 Å². The van der Waals surface area contributed by atoms with Crippen LogP contribution in [0.4, 0.5) is 0 Å². The van der Waals surface area contributed by atoms with Crippen LogP contribution in [0.5, 0.6) is 0 Å². The largest absolute Gasteiger partial charge is 0.380 e. The first kappa shape index (κ1) is 16.4. The van der Waals surface area contributed by atoms with Gasteiger partial charge in [-0.25, -0.2) is 0 Å². The average Bonchev–Trinajstić information content (AvgIpc) is 1.98. The summed E-state index contributed by atoms with van der Waals surface area (Å²) in [6.07, 6.45) is 2.47. The third kappa shape index (κ3) is 9.60. The zero-order valence-electron chi connectivity index (χ0n) is 12.0. The van der Waals surface area contributed by atoms with Crippen molar-refractivity contribution in [2.75, 3.05) is 13.2 Å². The zero-order valence-corrected chi connectivity index (χ0v) is 13.2. The monoisotopic (exact) mass is 246 g/mol. The van der Waals surface area contributed by atoms with Gasteiger partial charge in [0.15, 0.2) is 0 Å². The Balaban J connectivity index is 3.71. The second kappa shape index (κ2) is 7.67. The molecule has 0 N–H and O–H groups in total. The Morgan fingerprint density at radius 3 is 2.06 bits per heavy atom. The Bertz CT molecular complexity index is 176. The van der Waals surface area contributed by atoms with Gasteiger partial charge in [0.1, 0.15) is 0 Å². The zero-order chi connectivity index (χ0) is 12.8. The van der Waals surface area contributed by atoms with Crippen molar-refractivity contribution in [3.05, 3.63) is 0 Å². The van der Waals surface area contributed by atoms with E-state index in [4.69, 9.17) is 4.74 Å². The molecular weight excluding hydrogens is 215 g/mol. The quantitative estimate of drug-likeness (QED) is 0.578. The highest BCUT2D eigenvalue weighted by Crippen LogP contribution is 2.26. The Labute approximate surface area is 105 Å². The third-order valence-corrected chi connectivity index (χ3v) is 3.02. The van der Waals surface area contributed by atoms with Gasteiger partial charge >= 0.3 is 0 Å². The van der Waals surface area contributed by atoms with Crippen LogP contribution in [0, 0.1) is 17.3 Å². The fourth-order valence-corrected chi connectivity index (χ4v) is 3.00. The SMILES string of the molecule is CC(C)CC(P)COCC(C)(C)CC(C)C. The average molecular weight is 246 g/mol. The molecule has 0 radical (unpaired) electrons. The highest BCUT2D eigenvalue weighted by Gasteiger charge is 2.20. The first-order chi connectivity index (χ1) is 7.23. The molecule has 0 aliphatic heterocycles. The molecule has 0 saturated carbocycles. The summed E-state index contributed by atoms with van der Waals surface area (Å²) in [6.45, 7) is 15.4. The van der Waals surface area contributed by atoms with E-state index < -0.39 is 0 Å². The highest BCUT2D eigenvalue weighted by molar-refractivity contribution is 7.17. The van der Waals surface area contributed by atoms with E-state index in [1.54, 1.807) is 0 Å². The lowest BCUT2D eigenvalue weighted by Gasteiger charge is -2.27. The summed E-state index contributed by atoms with van der Waals surface area (Å²) in [5.41, 5.74) is 0.922. The van der Waals surface area contributed by atoms with Crippen molar-refractivity contribution in [1.29, 1.82) is 0 Å². The highest BCUT2D eigenvalue weighted by atomic mass is 31.0. The molecule has 0 aromatic rings. The van der Waals surface area contributed by atoms with Crippen LogP contribution in [0.3, 0.4) is 0 Å². The van der Waals surface area contributed by atoms with Crippen LogP contribution in [0.2, 0.25) is 0 Å². The first-order valence-electron chi connectivity index (χ1n) is 6.56. The lowest BCUT2D eigenvalue weighted by Crippen LogP contribution is -2.24. The molecule has 0 aliphatic carbocycles. The van der Waals surface area contributed by atoms with Crippen LogP contribution in [0.25, 0.3) is 0 Å². The van der Waals surface area contributed by atoms with Gasteiger partial charge < -0.3 is 4.74 Å². The van der Waals surface area contributed by atoms with E-state index in [2.05, 4.69) is 50.8 Å². The summed E-state index contributed by atoms with van der Waals surface area (Å²) >= 11 is 0. The molecule has 0 heterocycles. The maximum atomic E-state index is 5.84. The minimum absolute atomic E-state index is 0.316. The van der Waals surface area contributed by atoms with Gasteiger partial charge in [0.05, 0.1) is 13.2 Å². The van der Waals surface area contributed by atoms with E-state index in [0.29, 0.717) is 11.1 Å². The normalized spacial score (nSPS) is 14.8. The summed E-state index contributed by atoms with van der Waals surface area (Å²) < 4.78 is 5.84. The molecule has 0 saturated heterocycles. The van der Waals surface area contributed by atoms with Gasteiger partial charge in [0, 0.05) is 0 Å². The topological polar surface area (TPSA) is 9.23 Å². The Hall–Kier alpha value is 0.390. The van der Waals surface area contributed by atoms with Gasteiger partial charge in [-0.15, -0.1) is 9.24 Å². The fraction of sp³-hybridized carbons (Fsp3) is 1.00. The second-order valence-corrected chi connectivity index (χ2v) is 7.61. The summed E-state index contributed by atoms with van der Waals surface area (Å²) in [6, 6.07) is 0. The molecule has 0 fully saturated rings. The van der Waals surface area contributed by atoms with Crippen molar-refractivity contribution in [3.8, 4) is 0 Å². The smallest absolute Gasteiger partial charge is 0.0529 e. The van der Waals surface area contributed by atoms with Crippen LogP contribution < -0.4 is 0 Å². The Morgan fingerprint density at radius 1 is 1.06 bits per heavy atom. The number of ether oxygens (including phenoxy) is 1. The van der Waals surface area contributed by atoms with Crippen LogP contribution in [0.15, 0.2) is 0 Å². The van der Waals surface area contributed by atoms with Crippen molar-refractivity contribution < 1.29 is 4.74 Å². The Morgan fingerprint density at radius 2 is 1.62 bits per heavy atom. The number of hydrogen-bond donors (Lipinski definition) is 0. The van der Waals surface area contributed by atoms with E-state index in [9.17, 15) is 0 Å². The second-order valence-electron chi connectivity index (χ2n) is 6.67. The van der Waals surface area contributed by atoms with Crippen molar-refractivity contribution >= 4 is 9.24 Å². The molecule has 2 unspecified atom stereocenters. The molecule has 98 valence electrons. The number of rotatable bonds is 8. The van der Waals surface area contributed by atoms with Crippen molar-refractivity contribution in [2.24, 2.45) is 17.3 Å². The maximum Gasteiger partial charge on any atom is 0.0529 e. The Kier molecular flexibility index (Phi) is 7.85. The molecule has 0 spiro atoms. The molecular formula is C14H31OP. The lowest BCUT2D eigenvalue weighted by molar-refractivity contribution is 0.0503. The summed E-state index contributed by atoms with van der Waals surface area (Å²) in [7, 11) is 2.90. The van der Waals surface area contributed by atoms with E-state index in [1.807, 2.05) is 0 Å². The van der Waals surface area contributed by atoms with E-state index in [1.165, 1.54) is 12.8 Å². The van der Waals surface area contributed by atoms with Crippen LogP contribution in [0.1, 0.15) is 54.4 Å².